The quantitative estimate of drug-likeness (QED) is 0.0792. The van der Waals surface area contributed by atoms with Crippen molar-refractivity contribution in [3.63, 3.8) is 0 Å². The van der Waals surface area contributed by atoms with Crippen molar-refractivity contribution >= 4 is 33.5 Å². The van der Waals surface area contributed by atoms with Gasteiger partial charge < -0.3 is 20.9 Å². The summed E-state index contributed by atoms with van der Waals surface area (Å²) in [6.07, 6.45) is 0.505. The van der Waals surface area contributed by atoms with Gasteiger partial charge in [-0.25, -0.2) is 32.5 Å². The van der Waals surface area contributed by atoms with Crippen LogP contribution in [0.15, 0.2) is 72.9 Å². The number of carbonyl (C=O) groups is 2. The van der Waals surface area contributed by atoms with Gasteiger partial charge in [-0.2, -0.15) is 13.9 Å². The molecule has 66 heavy (non-hydrogen) atoms. The number of nitrogens with zero attached hydrogens (tertiary/aromatic N) is 5. The normalized spacial score (nSPS) is 18.9. The molecule has 10 rings (SSSR count). The molecule has 4 N–H and O–H groups in total. The zero-order chi connectivity index (χ0) is 46.0. The van der Waals surface area contributed by atoms with E-state index in [1.807, 2.05) is 30.5 Å². The minimum Gasteiger partial charge on any atom is -0.348 e. The molecule has 4 atom stereocenters. The van der Waals surface area contributed by atoms with Gasteiger partial charge in [0.05, 0.1) is 34.4 Å². The number of pyridine rings is 1. The number of imidazole rings is 1. The second-order valence-corrected chi connectivity index (χ2v) is 17.9. The highest BCUT2D eigenvalue weighted by molar-refractivity contribution is 7.19. The van der Waals surface area contributed by atoms with Crippen molar-refractivity contribution in [2.75, 3.05) is 6.54 Å². The summed E-state index contributed by atoms with van der Waals surface area (Å²) >= 11 is 1.25. The second-order valence-electron chi connectivity index (χ2n) is 16.9. The molecule has 2 aliphatic heterocycles. The number of nitrogens with one attached hydrogen (secondary N) is 4. The van der Waals surface area contributed by atoms with Gasteiger partial charge in [0.25, 0.3) is 18.3 Å². The Morgan fingerprint density at radius 2 is 1.74 bits per heavy atom. The van der Waals surface area contributed by atoms with Crippen molar-refractivity contribution in [2.24, 2.45) is 5.92 Å². The standard InChI is InChI=1S/C48H39F6N9O2S/c1-23-24(2)48(53,54)43-40(23)42(44(51)52)62-63(43)22-38(64)58-35(16-26-14-30(49)18-31(50)15-26)41-32(28-10-11-29-20-57-47(65)33(29)17-28)19-37-46(61-41)60-39(66-37)12-7-25-5-8-27(9-6-25)36-21-56-45(59-36)34-4-3-13-55-34/h5-6,8-11,14-15,17-19,21,23-24,34-35,44,55H,3-4,13,16,20,22H2,1-2H3,(H,56,59)(H,57,65)(H,58,64)/t23-,24+,34?,35-/m0/s1. The highest BCUT2D eigenvalue weighted by Gasteiger charge is 2.55. The average Bonchev–Trinajstić information content (AvgIpc) is 4.15. The smallest absolute Gasteiger partial charge is 0.292 e. The zero-order valence-electron chi connectivity index (χ0n) is 35.3. The Morgan fingerprint density at radius 3 is 2.48 bits per heavy atom. The molecule has 0 saturated carbocycles. The van der Waals surface area contributed by atoms with Crippen LogP contribution in [0, 0.1) is 29.4 Å². The summed E-state index contributed by atoms with van der Waals surface area (Å²) in [4.78, 5) is 44.5. The van der Waals surface area contributed by atoms with Crippen LogP contribution in [0.25, 0.3) is 32.7 Å². The van der Waals surface area contributed by atoms with E-state index in [2.05, 4.69) is 42.9 Å². The minimum absolute atomic E-state index is 0.114. The number of thiazole rings is 1. The first-order valence-corrected chi connectivity index (χ1v) is 22.2. The Bertz CT molecular complexity index is 3110. The molecule has 336 valence electrons. The lowest BCUT2D eigenvalue weighted by Gasteiger charge is -2.23. The Labute approximate surface area is 377 Å². The Morgan fingerprint density at radius 1 is 0.970 bits per heavy atom. The summed E-state index contributed by atoms with van der Waals surface area (Å²) in [7, 11) is 0. The highest BCUT2D eigenvalue weighted by Crippen LogP contribution is 2.54. The first-order chi connectivity index (χ1) is 31.7. The lowest BCUT2D eigenvalue weighted by Crippen LogP contribution is -2.35. The Balaban J connectivity index is 1.02. The summed E-state index contributed by atoms with van der Waals surface area (Å²) in [6.45, 7) is 3.08. The SMILES string of the molecule is C[C@@H]1c2c(C(F)F)nn(CC(=O)N[C@@H](Cc3cc(F)cc(F)c3)c3nc4nc(C#Cc5ccc(-c6cnc(C7CCCN7)[nH]6)cc5)sc4cc3-c3ccc4c(c3)C(=O)NC4)c2C(F)(F)[C@@H]1C. The number of hydrogen-bond donors (Lipinski definition) is 4. The number of carbonyl (C=O) groups excluding carboxylic acids is 2. The van der Waals surface area contributed by atoms with Gasteiger partial charge in [-0.1, -0.05) is 44.0 Å². The maximum atomic E-state index is 15.7. The number of rotatable bonds is 10. The van der Waals surface area contributed by atoms with Crippen LogP contribution in [0.2, 0.25) is 0 Å². The van der Waals surface area contributed by atoms with E-state index in [9.17, 15) is 27.2 Å². The third-order valence-corrected chi connectivity index (χ3v) is 13.6. The summed E-state index contributed by atoms with van der Waals surface area (Å²) in [5.41, 5.74) is 3.29. The van der Waals surface area contributed by atoms with Crippen LogP contribution in [0.1, 0.15) is 112 Å². The van der Waals surface area contributed by atoms with E-state index >= 15 is 8.78 Å². The number of H-pyrrole nitrogens is 1. The molecule has 11 nitrogen and oxygen atoms in total. The van der Waals surface area contributed by atoms with Crippen LogP contribution >= 0.6 is 11.3 Å². The van der Waals surface area contributed by atoms with Crippen LogP contribution in [-0.2, 0) is 30.2 Å². The molecule has 18 heteroatoms. The number of benzene rings is 3. The number of aromatic nitrogens is 6. The van der Waals surface area contributed by atoms with Gasteiger partial charge in [0.1, 0.15) is 35.4 Å². The molecule has 6 heterocycles. The number of hydrogen-bond acceptors (Lipinski definition) is 8. The molecule has 1 fully saturated rings. The van der Waals surface area contributed by atoms with Crippen LogP contribution < -0.4 is 16.0 Å². The van der Waals surface area contributed by atoms with Crippen LogP contribution in [-0.4, -0.2) is 48.1 Å². The highest BCUT2D eigenvalue weighted by atomic mass is 32.1. The van der Waals surface area contributed by atoms with Gasteiger partial charge in [0.2, 0.25) is 5.91 Å². The van der Waals surface area contributed by atoms with E-state index in [4.69, 9.17) is 9.97 Å². The zero-order valence-corrected chi connectivity index (χ0v) is 36.1. The van der Waals surface area contributed by atoms with Crippen molar-refractivity contribution in [3.05, 3.63) is 140 Å². The number of alkyl halides is 4. The molecule has 0 spiro atoms. The predicted octanol–water partition coefficient (Wildman–Crippen LogP) is 9.17. The summed E-state index contributed by atoms with van der Waals surface area (Å²) in [6, 6.07) is 16.5. The van der Waals surface area contributed by atoms with E-state index in [-0.39, 0.29) is 40.8 Å². The summed E-state index contributed by atoms with van der Waals surface area (Å²) in [5, 5.41) is 13.2. The van der Waals surface area contributed by atoms with Gasteiger partial charge in [0, 0.05) is 40.8 Å². The summed E-state index contributed by atoms with van der Waals surface area (Å²) < 4.78 is 90.4. The van der Waals surface area contributed by atoms with E-state index < -0.39 is 65.7 Å². The van der Waals surface area contributed by atoms with Crippen molar-refractivity contribution in [3.8, 4) is 34.2 Å². The topological polar surface area (TPSA) is 143 Å². The molecule has 3 aromatic carbocycles. The van der Waals surface area contributed by atoms with Gasteiger partial charge in [0.15, 0.2) is 10.7 Å². The molecule has 0 radical (unpaired) electrons. The van der Waals surface area contributed by atoms with E-state index in [0.717, 1.165) is 59.7 Å². The van der Waals surface area contributed by atoms with E-state index in [1.165, 1.54) is 25.2 Å². The van der Waals surface area contributed by atoms with Crippen LogP contribution in [0.3, 0.4) is 0 Å². The lowest BCUT2D eigenvalue weighted by atomic mass is 9.93. The molecule has 0 bridgehead atoms. The Kier molecular flexibility index (Phi) is 11.0. The van der Waals surface area contributed by atoms with Gasteiger partial charge in [-0.05, 0) is 96.3 Å². The second kappa shape index (κ2) is 16.9. The maximum Gasteiger partial charge on any atom is 0.292 e. The third kappa shape index (κ3) is 8.00. The number of aromatic amines is 1. The average molecular weight is 920 g/mol. The third-order valence-electron chi connectivity index (χ3n) is 12.7. The van der Waals surface area contributed by atoms with Crippen LogP contribution in [0.5, 0.6) is 0 Å². The molecule has 3 aliphatic rings. The fraction of sp³-hybridized carbons (Fsp3) is 0.292. The fourth-order valence-electron chi connectivity index (χ4n) is 9.15. The predicted molar refractivity (Wildman–Crippen MR) is 234 cm³/mol. The molecule has 4 aromatic heterocycles. The van der Waals surface area contributed by atoms with Gasteiger partial charge in [-0.15, -0.1) is 11.3 Å². The van der Waals surface area contributed by atoms with Crippen molar-refractivity contribution < 1.29 is 35.9 Å². The fourth-order valence-corrected chi connectivity index (χ4v) is 9.95. The molecular weight excluding hydrogens is 881 g/mol. The molecular formula is C48H39F6N9O2S. The largest absolute Gasteiger partial charge is 0.348 e. The van der Waals surface area contributed by atoms with E-state index in [0.29, 0.717) is 43.7 Å². The molecule has 1 saturated heterocycles. The molecule has 1 aliphatic carbocycles. The van der Waals surface area contributed by atoms with Gasteiger partial charge in [-0.3, -0.25) is 14.3 Å². The van der Waals surface area contributed by atoms with Crippen molar-refractivity contribution in [1.82, 2.24) is 45.7 Å². The lowest BCUT2D eigenvalue weighted by molar-refractivity contribution is -0.123. The molecule has 2 amide bonds. The monoisotopic (exact) mass is 919 g/mol. The Hall–Kier alpha value is -6.84. The number of halogens is 6. The number of fused-ring (bicyclic) bond motifs is 3. The maximum absolute atomic E-state index is 15.7. The number of amides is 2. The summed E-state index contributed by atoms with van der Waals surface area (Å²) in [5.74, 6) is -1.69. The van der Waals surface area contributed by atoms with E-state index in [1.54, 1.807) is 24.3 Å². The molecule has 1 unspecified atom stereocenters. The van der Waals surface area contributed by atoms with Crippen LogP contribution in [0.4, 0.5) is 26.3 Å². The van der Waals surface area contributed by atoms with Crippen molar-refractivity contribution in [1.29, 1.82) is 0 Å². The minimum atomic E-state index is -3.57. The molecule has 7 aromatic rings. The van der Waals surface area contributed by atoms with Crippen molar-refractivity contribution in [2.45, 2.75) is 76.5 Å². The van der Waals surface area contributed by atoms with Gasteiger partial charge >= 0.3 is 0 Å². The first kappa shape index (κ1) is 43.1. The first-order valence-electron chi connectivity index (χ1n) is 21.3.